The second-order valence-corrected chi connectivity index (χ2v) is 7.54. The topological polar surface area (TPSA) is 80.5 Å². The maximum atomic E-state index is 12.4. The van der Waals surface area contributed by atoms with Crippen molar-refractivity contribution in [3.63, 3.8) is 0 Å². The summed E-state index contributed by atoms with van der Waals surface area (Å²) in [5.41, 5.74) is 7.13. The fourth-order valence-electron chi connectivity index (χ4n) is 2.53. The largest absolute Gasteiger partial charge is 0.399 e. The zero-order chi connectivity index (χ0) is 15.5. The van der Waals surface area contributed by atoms with Crippen LogP contribution in [0.3, 0.4) is 0 Å². The van der Waals surface area contributed by atoms with Crippen LogP contribution < -0.4 is 5.73 Å². The van der Waals surface area contributed by atoms with Crippen molar-refractivity contribution < 1.29 is 13.2 Å². The zero-order valence-corrected chi connectivity index (χ0v) is 13.9. The molecule has 1 aliphatic rings. The van der Waals surface area contributed by atoms with Gasteiger partial charge in [-0.2, -0.15) is 0 Å². The van der Waals surface area contributed by atoms with Crippen LogP contribution in [0.15, 0.2) is 36.9 Å². The number of sulfone groups is 1. The molecule has 1 atom stereocenters. The van der Waals surface area contributed by atoms with E-state index in [1.807, 2.05) is 12.1 Å². The summed E-state index contributed by atoms with van der Waals surface area (Å²) in [7, 11) is -3.02. The minimum atomic E-state index is -3.02. The van der Waals surface area contributed by atoms with Crippen LogP contribution in [0.2, 0.25) is 0 Å². The third-order valence-corrected chi connectivity index (χ3v) is 5.38. The molecule has 1 unspecified atom stereocenters. The Labute approximate surface area is 137 Å². The number of anilines is 1. The molecule has 2 N–H and O–H groups in total. The molecule has 1 aromatic rings. The highest BCUT2D eigenvalue weighted by Crippen LogP contribution is 2.19. The number of halogens is 1. The van der Waals surface area contributed by atoms with Gasteiger partial charge in [0.15, 0.2) is 9.84 Å². The quantitative estimate of drug-likeness (QED) is 0.647. The van der Waals surface area contributed by atoms with E-state index >= 15 is 0 Å². The number of carbonyl (C=O) groups excluding carboxylic acids is 1. The molecule has 1 saturated heterocycles. The summed E-state index contributed by atoms with van der Waals surface area (Å²) in [6, 6.07) is 6.88. The smallest absolute Gasteiger partial charge is 0.227 e. The molecule has 0 aliphatic carbocycles. The van der Waals surface area contributed by atoms with E-state index < -0.39 is 9.84 Å². The van der Waals surface area contributed by atoms with Crippen molar-refractivity contribution in [2.75, 3.05) is 23.8 Å². The van der Waals surface area contributed by atoms with Crippen LogP contribution >= 0.6 is 12.4 Å². The van der Waals surface area contributed by atoms with E-state index in [1.54, 1.807) is 23.1 Å². The minimum absolute atomic E-state index is 0. The molecule has 0 radical (unpaired) electrons. The molecule has 0 saturated carbocycles. The predicted molar refractivity (Wildman–Crippen MR) is 90.8 cm³/mol. The molecule has 0 bridgehead atoms. The molecular formula is C15H21ClN2O3S. The molecule has 5 nitrogen and oxygen atoms in total. The zero-order valence-electron chi connectivity index (χ0n) is 12.3. The van der Waals surface area contributed by atoms with Gasteiger partial charge in [-0.25, -0.2) is 8.42 Å². The van der Waals surface area contributed by atoms with Crippen molar-refractivity contribution >= 4 is 33.8 Å². The van der Waals surface area contributed by atoms with Crippen LogP contribution in [-0.2, 0) is 21.1 Å². The average Bonchev–Trinajstić information content (AvgIpc) is 2.78. The van der Waals surface area contributed by atoms with E-state index in [4.69, 9.17) is 5.73 Å². The van der Waals surface area contributed by atoms with E-state index in [0.717, 1.165) is 5.56 Å². The first kappa shape index (κ1) is 18.5. The highest BCUT2D eigenvalue weighted by atomic mass is 35.5. The van der Waals surface area contributed by atoms with Gasteiger partial charge in [-0.1, -0.05) is 18.2 Å². The lowest BCUT2D eigenvalue weighted by Crippen LogP contribution is -2.42. The number of nitrogens with two attached hydrogens (primary N) is 1. The molecule has 122 valence electrons. The summed E-state index contributed by atoms with van der Waals surface area (Å²) >= 11 is 0. The second-order valence-electron chi connectivity index (χ2n) is 5.31. The highest BCUT2D eigenvalue weighted by molar-refractivity contribution is 7.91. The van der Waals surface area contributed by atoms with Gasteiger partial charge in [0.2, 0.25) is 5.91 Å². The Balaban J connectivity index is 0.00000242. The van der Waals surface area contributed by atoms with Gasteiger partial charge in [-0.15, -0.1) is 19.0 Å². The Morgan fingerprint density at radius 3 is 2.50 bits per heavy atom. The molecule has 1 aliphatic heterocycles. The van der Waals surface area contributed by atoms with Crippen LogP contribution in [0.25, 0.3) is 0 Å². The van der Waals surface area contributed by atoms with Gasteiger partial charge >= 0.3 is 0 Å². The van der Waals surface area contributed by atoms with Crippen molar-refractivity contribution in [1.29, 1.82) is 0 Å². The van der Waals surface area contributed by atoms with E-state index in [-0.39, 0.29) is 42.3 Å². The molecule has 0 aromatic heterocycles. The van der Waals surface area contributed by atoms with E-state index in [2.05, 4.69) is 6.58 Å². The monoisotopic (exact) mass is 344 g/mol. The Bertz CT molecular complexity index is 629. The SMILES string of the molecule is C=CCN(C(=O)Cc1ccc(N)cc1)C1CCS(=O)(=O)C1.Cl. The minimum Gasteiger partial charge on any atom is -0.399 e. The second kappa shape index (κ2) is 7.65. The Morgan fingerprint density at radius 2 is 2.00 bits per heavy atom. The van der Waals surface area contributed by atoms with Crippen LogP contribution in [0.5, 0.6) is 0 Å². The molecule has 1 heterocycles. The first-order valence-electron chi connectivity index (χ1n) is 6.86. The molecule has 1 fully saturated rings. The van der Waals surface area contributed by atoms with Gasteiger partial charge < -0.3 is 10.6 Å². The summed E-state index contributed by atoms with van der Waals surface area (Å²) < 4.78 is 23.2. The summed E-state index contributed by atoms with van der Waals surface area (Å²) in [4.78, 5) is 14.1. The normalized spacial score (nSPS) is 19.2. The van der Waals surface area contributed by atoms with E-state index in [1.165, 1.54) is 0 Å². The fourth-order valence-corrected chi connectivity index (χ4v) is 4.26. The molecular weight excluding hydrogens is 324 g/mol. The summed E-state index contributed by atoms with van der Waals surface area (Å²) in [6.07, 6.45) is 2.38. The number of hydrogen-bond donors (Lipinski definition) is 1. The third-order valence-electron chi connectivity index (χ3n) is 3.63. The number of benzene rings is 1. The number of carbonyl (C=O) groups is 1. The van der Waals surface area contributed by atoms with Crippen LogP contribution in [0, 0.1) is 0 Å². The van der Waals surface area contributed by atoms with Gasteiger partial charge in [0.05, 0.1) is 17.9 Å². The number of rotatable bonds is 5. The van der Waals surface area contributed by atoms with Crippen LogP contribution in [0.4, 0.5) is 5.69 Å². The van der Waals surface area contributed by atoms with Gasteiger partial charge in [0.1, 0.15) is 0 Å². The number of nitrogen functional groups attached to an aromatic ring is 1. The molecule has 2 rings (SSSR count). The Morgan fingerprint density at radius 1 is 1.36 bits per heavy atom. The third kappa shape index (κ3) is 4.74. The van der Waals surface area contributed by atoms with E-state index in [9.17, 15) is 13.2 Å². The van der Waals surface area contributed by atoms with Crippen molar-refractivity contribution in [1.82, 2.24) is 4.90 Å². The lowest BCUT2D eigenvalue weighted by atomic mass is 10.1. The number of amides is 1. The average molecular weight is 345 g/mol. The summed E-state index contributed by atoms with van der Waals surface area (Å²) in [6.45, 7) is 4.02. The van der Waals surface area contributed by atoms with Crippen molar-refractivity contribution in [3.8, 4) is 0 Å². The van der Waals surface area contributed by atoms with Gasteiger partial charge in [-0.05, 0) is 24.1 Å². The maximum Gasteiger partial charge on any atom is 0.227 e. The fraction of sp³-hybridized carbons (Fsp3) is 0.400. The van der Waals surface area contributed by atoms with Crippen molar-refractivity contribution in [2.24, 2.45) is 0 Å². The summed E-state index contributed by atoms with van der Waals surface area (Å²) in [5, 5.41) is 0. The first-order valence-corrected chi connectivity index (χ1v) is 8.68. The number of nitrogens with zero attached hydrogens (tertiary/aromatic N) is 1. The van der Waals surface area contributed by atoms with Gasteiger partial charge in [-0.3, -0.25) is 4.79 Å². The van der Waals surface area contributed by atoms with Crippen molar-refractivity contribution in [2.45, 2.75) is 18.9 Å². The van der Waals surface area contributed by atoms with Gasteiger partial charge in [0.25, 0.3) is 0 Å². The molecule has 1 amide bonds. The van der Waals surface area contributed by atoms with E-state index in [0.29, 0.717) is 18.7 Å². The predicted octanol–water partition coefficient (Wildman–Crippen LogP) is 1.43. The lowest BCUT2D eigenvalue weighted by molar-refractivity contribution is -0.131. The highest BCUT2D eigenvalue weighted by Gasteiger charge is 2.33. The molecule has 1 aromatic carbocycles. The van der Waals surface area contributed by atoms with Crippen LogP contribution in [-0.4, -0.2) is 43.3 Å². The molecule has 0 spiro atoms. The maximum absolute atomic E-state index is 12.4. The van der Waals surface area contributed by atoms with Crippen molar-refractivity contribution in [3.05, 3.63) is 42.5 Å². The number of hydrogen-bond acceptors (Lipinski definition) is 4. The lowest BCUT2D eigenvalue weighted by Gasteiger charge is -2.27. The molecule has 22 heavy (non-hydrogen) atoms. The van der Waals surface area contributed by atoms with Crippen LogP contribution in [0.1, 0.15) is 12.0 Å². The first-order chi connectivity index (χ1) is 9.91. The summed E-state index contributed by atoms with van der Waals surface area (Å²) in [5.74, 6) is 0.121. The Kier molecular flexibility index (Phi) is 6.44. The molecule has 7 heteroatoms. The Hall–Kier alpha value is -1.53. The van der Waals surface area contributed by atoms with Gasteiger partial charge in [0, 0.05) is 18.3 Å². The standard InChI is InChI=1S/C15H20N2O3S.ClH/c1-2-8-17(14-7-9-21(19,20)11-14)15(18)10-12-3-5-13(16)6-4-12;/h2-6,14H,1,7-11,16H2;1H.